The lowest BCUT2D eigenvalue weighted by Crippen LogP contribution is -2.02. The molecule has 0 bridgehead atoms. The standard InChI is InChI=1S/C13H10ClIO3S/c1-17-10-4-8(9(14)5-11(10)18-2)13(16)7-3-12(15)19-6-7/h3-6H,1-2H3. The molecule has 0 aliphatic carbocycles. The molecule has 0 unspecified atom stereocenters. The third-order valence-electron chi connectivity index (χ3n) is 2.55. The molecule has 19 heavy (non-hydrogen) atoms. The Bertz CT molecular complexity index is 624. The SMILES string of the molecule is COc1cc(Cl)c(C(=O)c2csc(I)c2)cc1OC. The van der Waals surface area contributed by atoms with Crippen LogP contribution < -0.4 is 9.47 Å². The molecule has 0 atom stereocenters. The summed E-state index contributed by atoms with van der Waals surface area (Å²) in [6, 6.07) is 5.03. The van der Waals surface area contributed by atoms with Gasteiger partial charge in [0.2, 0.25) is 0 Å². The van der Waals surface area contributed by atoms with Crippen molar-refractivity contribution >= 4 is 51.3 Å². The van der Waals surface area contributed by atoms with Crippen LogP contribution in [-0.2, 0) is 0 Å². The highest BCUT2D eigenvalue weighted by Crippen LogP contribution is 2.34. The van der Waals surface area contributed by atoms with Crippen molar-refractivity contribution in [1.82, 2.24) is 0 Å². The molecule has 0 radical (unpaired) electrons. The van der Waals surface area contributed by atoms with Crippen molar-refractivity contribution in [2.45, 2.75) is 0 Å². The van der Waals surface area contributed by atoms with Crippen molar-refractivity contribution in [3.05, 3.63) is 42.6 Å². The van der Waals surface area contributed by atoms with Gasteiger partial charge in [-0.05, 0) is 34.7 Å². The zero-order valence-electron chi connectivity index (χ0n) is 10.2. The van der Waals surface area contributed by atoms with E-state index in [1.54, 1.807) is 12.1 Å². The van der Waals surface area contributed by atoms with Gasteiger partial charge in [0.25, 0.3) is 0 Å². The van der Waals surface area contributed by atoms with Crippen LogP contribution in [0.4, 0.5) is 0 Å². The second kappa shape index (κ2) is 6.11. The van der Waals surface area contributed by atoms with E-state index in [9.17, 15) is 4.79 Å². The number of rotatable bonds is 4. The molecule has 2 aromatic rings. The van der Waals surface area contributed by atoms with Crippen LogP contribution in [0.3, 0.4) is 0 Å². The van der Waals surface area contributed by atoms with Crippen LogP contribution in [0.1, 0.15) is 15.9 Å². The van der Waals surface area contributed by atoms with Gasteiger partial charge in [0.1, 0.15) is 0 Å². The Morgan fingerprint density at radius 3 is 2.37 bits per heavy atom. The number of hydrogen-bond acceptors (Lipinski definition) is 4. The number of benzene rings is 1. The highest BCUT2D eigenvalue weighted by molar-refractivity contribution is 14.1. The summed E-state index contributed by atoms with van der Waals surface area (Å²) in [7, 11) is 3.05. The molecule has 100 valence electrons. The van der Waals surface area contributed by atoms with Gasteiger partial charge >= 0.3 is 0 Å². The van der Waals surface area contributed by atoms with Crippen LogP contribution in [0.2, 0.25) is 5.02 Å². The second-order valence-corrected chi connectivity index (χ2v) is 6.87. The minimum atomic E-state index is -0.120. The molecule has 1 heterocycles. The van der Waals surface area contributed by atoms with Gasteiger partial charge < -0.3 is 9.47 Å². The molecule has 0 N–H and O–H groups in total. The molecule has 3 nitrogen and oxygen atoms in total. The van der Waals surface area contributed by atoms with Crippen LogP contribution in [0, 0.1) is 2.88 Å². The molecule has 0 saturated heterocycles. The number of methoxy groups -OCH3 is 2. The van der Waals surface area contributed by atoms with E-state index in [0.717, 1.165) is 2.88 Å². The summed E-state index contributed by atoms with van der Waals surface area (Å²) >= 11 is 9.83. The average molecular weight is 409 g/mol. The summed E-state index contributed by atoms with van der Waals surface area (Å²) in [4.78, 5) is 12.4. The van der Waals surface area contributed by atoms with Crippen molar-refractivity contribution in [3.63, 3.8) is 0 Å². The van der Waals surface area contributed by atoms with E-state index in [0.29, 0.717) is 27.6 Å². The first-order chi connectivity index (χ1) is 9.06. The van der Waals surface area contributed by atoms with E-state index < -0.39 is 0 Å². The summed E-state index contributed by atoms with van der Waals surface area (Å²) in [6.45, 7) is 0. The van der Waals surface area contributed by atoms with Gasteiger partial charge in [-0.25, -0.2) is 0 Å². The molecule has 0 amide bonds. The van der Waals surface area contributed by atoms with Crippen LogP contribution in [0.5, 0.6) is 11.5 Å². The number of ketones is 1. The highest BCUT2D eigenvalue weighted by atomic mass is 127. The summed E-state index contributed by atoms with van der Waals surface area (Å²) < 4.78 is 11.4. The lowest BCUT2D eigenvalue weighted by atomic mass is 10.1. The number of carbonyl (C=O) groups is 1. The van der Waals surface area contributed by atoms with Crippen molar-refractivity contribution in [1.29, 1.82) is 0 Å². The molecule has 0 spiro atoms. The lowest BCUT2D eigenvalue weighted by Gasteiger charge is -2.10. The lowest BCUT2D eigenvalue weighted by molar-refractivity contribution is 0.103. The molecule has 0 saturated carbocycles. The van der Waals surface area contributed by atoms with E-state index in [-0.39, 0.29) is 5.78 Å². The molecule has 2 rings (SSSR count). The summed E-state index contributed by atoms with van der Waals surface area (Å²) in [5.41, 5.74) is 1.04. The maximum Gasteiger partial charge on any atom is 0.195 e. The first-order valence-corrected chi connectivity index (χ1v) is 7.60. The van der Waals surface area contributed by atoms with Crippen molar-refractivity contribution in [2.24, 2.45) is 0 Å². The van der Waals surface area contributed by atoms with Crippen molar-refractivity contribution < 1.29 is 14.3 Å². The van der Waals surface area contributed by atoms with E-state index in [4.69, 9.17) is 21.1 Å². The van der Waals surface area contributed by atoms with Crippen LogP contribution in [0.25, 0.3) is 0 Å². The second-order valence-electron chi connectivity index (χ2n) is 3.66. The number of carbonyl (C=O) groups excluding carboxylic acids is 1. The van der Waals surface area contributed by atoms with Crippen LogP contribution in [0.15, 0.2) is 23.6 Å². The van der Waals surface area contributed by atoms with Gasteiger partial charge in [0.15, 0.2) is 17.3 Å². The summed E-state index contributed by atoms with van der Waals surface area (Å²) in [5.74, 6) is 0.870. The Hall–Kier alpha value is -0.790. The number of hydrogen-bond donors (Lipinski definition) is 0. The monoisotopic (exact) mass is 408 g/mol. The quantitative estimate of drug-likeness (QED) is 0.560. The predicted molar refractivity (Wildman–Crippen MR) is 85.0 cm³/mol. The number of thiophene rings is 1. The Kier molecular flexibility index (Phi) is 4.70. The normalized spacial score (nSPS) is 10.3. The van der Waals surface area contributed by atoms with E-state index >= 15 is 0 Å². The average Bonchev–Trinajstić information content (AvgIpc) is 2.84. The maximum absolute atomic E-state index is 12.4. The Morgan fingerprint density at radius 1 is 1.21 bits per heavy atom. The summed E-state index contributed by atoms with van der Waals surface area (Å²) in [6.07, 6.45) is 0. The first kappa shape index (κ1) is 14.6. The maximum atomic E-state index is 12.4. The number of ether oxygens (including phenoxy) is 2. The molecular formula is C13H10ClIO3S. The van der Waals surface area contributed by atoms with E-state index in [2.05, 4.69) is 22.6 Å². The molecule has 1 aromatic heterocycles. The fourth-order valence-electron chi connectivity index (χ4n) is 1.61. The van der Waals surface area contributed by atoms with Crippen molar-refractivity contribution in [2.75, 3.05) is 14.2 Å². The zero-order valence-corrected chi connectivity index (χ0v) is 13.9. The van der Waals surface area contributed by atoms with Gasteiger partial charge in [-0.1, -0.05) is 11.6 Å². The molecule has 0 aliphatic rings. The van der Waals surface area contributed by atoms with Crippen molar-refractivity contribution in [3.8, 4) is 11.5 Å². The molecule has 0 aliphatic heterocycles. The fraction of sp³-hybridized carbons (Fsp3) is 0.154. The van der Waals surface area contributed by atoms with Gasteiger partial charge in [0, 0.05) is 22.6 Å². The zero-order chi connectivity index (χ0) is 14.0. The van der Waals surface area contributed by atoms with Gasteiger partial charge in [-0.15, -0.1) is 11.3 Å². The molecule has 1 aromatic carbocycles. The van der Waals surface area contributed by atoms with E-state index in [1.165, 1.54) is 25.6 Å². The molecular weight excluding hydrogens is 399 g/mol. The third-order valence-corrected chi connectivity index (χ3v) is 4.65. The Morgan fingerprint density at radius 2 is 1.84 bits per heavy atom. The smallest absolute Gasteiger partial charge is 0.195 e. The van der Waals surface area contributed by atoms with Crippen LogP contribution in [-0.4, -0.2) is 20.0 Å². The van der Waals surface area contributed by atoms with Crippen LogP contribution >= 0.6 is 45.5 Å². The molecule has 6 heteroatoms. The third kappa shape index (κ3) is 3.04. The Balaban J connectivity index is 2.47. The Labute approximate surface area is 133 Å². The van der Waals surface area contributed by atoms with Gasteiger partial charge in [-0.3, -0.25) is 4.79 Å². The number of halogens is 2. The topological polar surface area (TPSA) is 35.5 Å². The molecule has 0 fully saturated rings. The van der Waals surface area contributed by atoms with Gasteiger partial charge in [0.05, 0.1) is 22.1 Å². The van der Waals surface area contributed by atoms with Gasteiger partial charge in [-0.2, -0.15) is 0 Å². The van der Waals surface area contributed by atoms with E-state index in [1.807, 2.05) is 11.4 Å². The predicted octanol–water partition coefficient (Wildman–Crippen LogP) is 4.25. The largest absolute Gasteiger partial charge is 0.493 e. The fourth-order valence-corrected chi connectivity index (χ4v) is 3.18. The minimum absolute atomic E-state index is 0.120. The summed E-state index contributed by atoms with van der Waals surface area (Å²) in [5, 5.41) is 2.17. The highest BCUT2D eigenvalue weighted by Gasteiger charge is 2.18. The first-order valence-electron chi connectivity index (χ1n) is 5.27. The minimum Gasteiger partial charge on any atom is -0.493 e.